The predicted octanol–water partition coefficient (Wildman–Crippen LogP) is 3.34. The molecule has 2 aliphatic heterocycles. The Morgan fingerprint density at radius 3 is 2.88 bits per heavy atom. The molecular weight excluding hydrogens is 358 g/mol. The molecule has 4 rings (SSSR count). The number of likely N-dealkylation sites (tertiary alicyclic amines) is 1. The van der Waals surface area contributed by atoms with E-state index in [9.17, 15) is 9.59 Å². The number of hydrogen-bond acceptors (Lipinski definition) is 4. The number of piperidine rings is 1. The second kappa shape index (κ2) is 6.25. The molecule has 132 valence electrons. The first-order valence-electron chi connectivity index (χ1n) is 8.59. The van der Waals surface area contributed by atoms with Crippen LogP contribution in [0.3, 0.4) is 0 Å². The van der Waals surface area contributed by atoms with E-state index in [-0.39, 0.29) is 23.3 Å². The fourth-order valence-electron chi connectivity index (χ4n) is 4.06. The molecule has 4 heterocycles. The van der Waals surface area contributed by atoms with Crippen molar-refractivity contribution in [1.29, 1.82) is 0 Å². The first-order chi connectivity index (χ1) is 11.9. The zero-order chi connectivity index (χ0) is 17.7. The lowest BCUT2D eigenvalue weighted by Crippen LogP contribution is -2.49. The monoisotopic (exact) mass is 377 g/mol. The lowest BCUT2D eigenvalue weighted by atomic mass is 9.83. The minimum atomic E-state index is -0.0340. The molecule has 0 aliphatic carbocycles. The number of pyridine rings is 1. The van der Waals surface area contributed by atoms with Gasteiger partial charge in [0.2, 0.25) is 0 Å². The Hall–Kier alpha value is -1.66. The van der Waals surface area contributed by atoms with Gasteiger partial charge in [0.15, 0.2) is 4.47 Å². The molecule has 1 fully saturated rings. The van der Waals surface area contributed by atoms with Gasteiger partial charge in [-0.05, 0) is 24.3 Å². The Morgan fingerprint density at radius 1 is 1.32 bits per heavy atom. The van der Waals surface area contributed by atoms with Crippen molar-refractivity contribution < 1.29 is 4.79 Å². The van der Waals surface area contributed by atoms with E-state index in [4.69, 9.17) is 11.6 Å². The largest absolute Gasteiger partial charge is 0.336 e. The molecule has 0 saturated carbocycles. The molecule has 2 unspecified atom stereocenters. The van der Waals surface area contributed by atoms with Gasteiger partial charge in [-0.3, -0.25) is 9.59 Å². The van der Waals surface area contributed by atoms with Gasteiger partial charge >= 0.3 is 0 Å². The number of thiazole rings is 1. The second-order valence-electron chi connectivity index (χ2n) is 7.24. The standard InChI is InChI=1S/C18H20ClN3O2S/c1-10(2)16-15(20-18(19)25-16)17(24)21-7-11-6-12(9-21)13-4-3-5-14(23)22(13)8-11/h3-5,10-12H,6-9H2,1-2H3. The fourth-order valence-corrected chi connectivity index (χ4v) is 5.18. The summed E-state index contributed by atoms with van der Waals surface area (Å²) in [5.74, 6) is 0.703. The third-order valence-corrected chi connectivity index (χ3v) is 6.58. The van der Waals surface area contributed by atoms with Crippen molar-refractivity contribution in [3.05, 3.63) is 49.3 Å². The van der Waals surface area contributed by atoms with Crippen LogP contribution in [0.1, 0.15) is 53.2 Å². The quantitative estimate of drug-likeness (QED) is 0.806. The highest BCUT2D eigenvalue weighted by molar-refractivity contribution is 7.16. The maximum atomic E-state index is 13.1. The number of hydrogen-bond donors (Lipinski definition) is 0. The van der Waals surface area contributed by atoms with Gasteiger partial charge in [-0.2, -0.15) is 0 Å². The van der Waals surface area contributed by atoms with Crippen molar-refractivity contribution in [3.8, 4) is 0 Å². The van der Waals surface area contributed by atoms with Crippen LogP contribution in [-0.4, -0.2) is 33.4 Å². The molecule has 2 bridgehead atoms. The van der Waals surface area contributed by atoms with Crippen molar-refractivity contribution >= 4 is 28.8 Å². The first-order valence-corrected chi connectivity index (χ1v) is 9.78. The van der Waals surface area contributed by atoms with E-state index in [1.165, 1.54) is 11.3 Å². The molecule has 7 heteroatoms. The minimum absolute atomic E-state index is 0.0340. The predicted molar refractivity (Wildman–Crippen MR) is 98.7 cm³/mol. The summed E-state index contributed by atoms with van der Waals surface area (Å²) in [4.78, 5) is 32.3. The maximum Gasteiger partial charge on any atom is 0.273 e. The summed E-state index contributed by atoms with van der Waals surface area (Å²) in [7, 11) is 0. The van der Waals surface area contributed by atoms with Crippen LogP contribution >= 0.6 is 22.9 Å². The highest BCUT2D eigenvalue weighted by atomic mass is 35.5. The molecule has 25 heavy (non-hydrogen) atoms. The Morgan fingerprint density at radius 2 is 2.12 bits per heavy atom. The van der Waals surface area contributed by atoms with Crippen LogP contribution in [0.4, 0.5) is 0 Å². The third-order valence-electron chi connectivity index (χ3n) is 5.12. The Kier molecular flexibility index (Phi) is 4.20. The number of carbonyl (C=O) groups excluding carboxylic acids is 1. The van der Waals surface area contributed by atoms with Crippen LogP contribution in [0.2, 0.25) is 4.47 Å². The molecule has 0 radical (unpaired) electrons. The lowest BCUT2D eigenvalue weighted by Gasteiger charge is -2.42. The summed E-state index contributed by atoms with van der Waals surface area (Å²) in [6.45, 7) is 6.08. The number of fused-ring (bicyclic) bond motifs is 4. The van der Waals surface area contributed by atoms with Crippen molar-refractivity contribution in [2.45, 2.75) is 38.6 Å². The van der Waals surface area contributed by atoms with Crippen molar-refractivity contribution in [1.82, 2.24) is 14.5 Å². The first kappa shape index (κ1) is 16.8. The second-order valence-corrected chi connectivity index (χ2v) is 8.86. The van der Waals surface area contributed by atoms with Crippen LogP contribution in [0, 0.1) is 5.92 Å². The van der Waals surface area contributed by atoms with Crippen LogP contribution < -0.4 is 5.56 Å². The van der Waals surface area contributed by atoms with Gasteiger partial charge < -0.3 is 9.47 Å². The summed E-state index contributed by atoms with van der Waals surface area (Å²) in [6, 6.07) is 5.43. The van der Waals surface area contributed by atoms with E-state index in [1.54, 1.807) is 6.07 Å². The number of carbonyl (C=O) groups is 1. The lowest BCUT2D eigenvalue weighted by molar-refractivity contribution is 0.0588. The molecule has 1 amide bonds. The molecule has 2 aromatic heterocycles. The SMILES string of the molecule is CC(C)c1sc(Cl)nc1C(=O)N1CC2CC(C1)c1cccc(=O)n1C2. The Labute approximate surface area is 155 Å². The third kappa shape index (κ3) is 2.91. The number of aromatic nitrogens is 2. The van der Waals surface area contributed by atoms with Crippen LogP contribution in [-0.2, 0) is 6.54 Å². The average molecular weight is 378 g/mol. The van der Waals surface area contributed by atoms with Gasteiger partial charge in [0.05, 0.1) is 0 Å². The zero-order valence-electron chi connectivity index (χ0n) is 14.2. The van der Waals surface area contributed by atoms with E-state index < -0.39 is 0 Å². The summed E-state index contributed by atoms with van der Waals surface area (Å²) in [6.07, 6.45) is 1.03. The molecule has 2 aliphatic rings. The van der Waals surface area contributed by atoms with Crippen LogP contribution in [0.15, 0.2) is 23.0 Å². The van der Waals surface area contributed by atoms with Gasteiger partial charge in [-0.15, -0.1) is 11.3 Å². The highest BCUT2D eigenvalue weighted by Gasteiger charge is 2.37. The van der Waals surface area contributed by atoms with E-state index in [2.05, 4.69) is 4.98 Å². The van der Waals surface area contributed by atoms with Gasteiger partial charge in [-0.1, -0.05) is 31.5 Å². The summed E-state index contributed by atoms with van der Waals surface area (Å²) in [5, 5.41) is 0. The molecule has 5 nitrogen and oxygen atoms in total. The number of amides is 1. The average Bonchev–Trinajstić information content (AvgIpc) is 2.97. The van der Waals surface area contributed by atoms with Gasteiger partial charge in [0, 0.05) is 42.2 Å². The molecule has 2 atom stereocenters. The Balaban J connectivity index is 1.64. The topological polar surface area (TPSA) is 55.2 Å². The summed E-state index contributed by atoms with van der Waals surface area (Å²) < 4.78 is 2.29. The number of rotatable bonds is 2. The van der Waals surface area contributed by atoms with Crippen LogP contribution in [0.5, 0.6) is 0 Å². The van der Waals surface area contributed by atoms with E-state index in [1.807, 2.05) is 35.4 Å². The molecule has 2 aromatic rings. The highest BCUT2D eigenvalue weighted by Crippen LogP contribution is 2.37. The van der Waals surface area contributed by atoms with Gasteiger partial charge in [-0.25, -0.2) is 4.98 Å². The maximum absolute atomic E-state index is 13.1. The van der Waals surface area contributed by atoms with E-state index >= 15 is 0 Å². The van der Waals surface area contributed by atoms with E-state index in [0.717, 1.165) is 17.0 Å². The molecule has 1 saturated heterocycles. The van der Waals surface area contributed by atoms with E-state index in [0.29, 0.717) is 35.7 Å². The molecule has 0 aromatic carbocycles. The smallest absolute Gasteiger partial charge is 0.273 e. The molecule has 0 spiro atoms. The van der Waals surface area contributed by atoms with Crippen LogP contribution in [0.25, 0.3) is 0 Å². The number of nitrogens with zero attached hydrogens (tertiary/aromatic N) is 3. The van der Waals surface area contributed by atoms with Gasteiger partial charge in [0.25, 0.3) is 11.5 Å². The summed E-state index contributed by atoms with van der Waals surface area (Å²) in [5.41, 5.74) is 1.59. The number of halogens is 1. The minimum Gasteiger partial charge on any atom is -0.336 e. The van der Waals surface area contributed by atoms with Crippen molar-refractivity contribution in [2.24, 2.45) is 5.92 Å². The van der Waals surface area contributed by atoms with Crippen molar-refractivity contribution in [2.75, 3.05) is 13.1 Å². The van der Waals surface area contributed by atoms with Crippen molar-refractivity contribution in [3.63, 3.8) is 0 Å². The Bertz CT molecular complexity index is 889. The molecule has 0 N–H and O–H groups in total. The summed E-state index contributed by atoms with van der Waals surface area (Å²) >= 11 is 7.46. The molecular formula is C18H20ClN3O2S. The normalized spacial score (nSPS) is 22.2. The fraction of sp³-hybridized carbons (Fsp3) is 0.500. The van der Waals surface area contributed by atoms with Gasteiger partial charge in [0.1, 0.15) is 5.69 Å². The zero-order valence-corrected chi connectivity index (χ0v) is 15.8.